The highest BCUT2D eigenvalue weighted by Crippen LogP contribution is 2.31. The van der Waals surface area contributed by atoms with Crippen LogP contribution in [0.5, 0.6) is 11.5 Å². The average Bonchev–Trinajstić information content (AvgIpc) is 2.79. The number of rotatable bonds is 5. The van der Waals surface area contributed by atoms with Crippen LogP contribution >= 0.6 is 11.6 Å². The summed E-state index contributed by atoms with van der Waals surface area (Å²) in [7, 11) is 0. The first-order valence-corrected chi connectivity index (χ1v) is 11.7. The molecule has 3 aliphatic heterocycles. The zero-order valence-electron chi connectivity index (χ0n) is 18.3. The summed E-state index contributed by atoms with van der Waals surface area (Å²) >= 11 is 6.17. The molecule has 0 saturated carbocycles. The van der Waals surface area contributed by atoms with Crippen molar-refractivity contribution in [3.05, 3.63) is 59.1 Å². The first-order valence-electron chi connectivity index (χ1n) is 11.4. The third-order valence-electron chi connectivity index (χ3n) is 6.48. The summed E-state index contributed by atoms with van der Waals surface area (Å²) in [6.07, 6.45) is 1.38. The van der Waals surface area contributed by atoms with Crippen LogP contribution in [0.2, 0.25) is 5.02 Å². The molecule has 7 nitrogen and oxygen atoms in total. The standard InChI is InChI=1S/C25H27ClN2O5/c26-19-7-6-17(24(11-19)33-21-4-2-1-3-5-21)15-31-22-13-28(14-22)25(30)27-9-8-23-18(12-27)10-20(29)16-32-23/h1-7,11,18,22-23H,8-10,12-16H2/t18-,23+/m1/s1. The minimum Gasteiger partial charge on any atom is -0.457 e. The van der Waals surface area contributed by atoms with Crippen LogP contribution in [0.1, 0.15) is 18.4 Å². The summed E-state index contributed by atoms with van der Waals surface area (Å²) in [4.78, 5) is 28.2. The van der Waals surface area contributed by atoms with Crippen LogP contribution in [0.25, 0.3) is 0 Å². The third-order valence-corrected chi connectivity index (χ3v) is 6.71. The predicted octanol–water partition coefficient (Wildman–Crippen LogP) is 4.13. The van der Waals surface area contributed by atoms with Crippen molar-refractivity contribution in [3.63, 3.8) is 0 Å². The van der Waals surface area contributed by atoms with Crippen molar-refractivity contribution in [2.45, 2.75) is 31.7 Å². The van der Waals surface area contributed by atoms with Crippen LogP contribution in [0, 0.1) is 5.92 Å². The summed E-state index contributed by atoms with van der Waals surface area (Å²) < 4.78 is 17.7. The number of urea groups is 1. The number of Topliss-reactive ketones (excluding diaryl/α,β-unsaturated/α-hetero) is 1. The first kappa shape index (κ1) is 22.2. The summed E-state index contributed by atoms with van der Waals surface area (Å²) in [5, 5.41) is 0.596. The molecule has 0 aliphatic carbocycles. The summed E-state index contributed by atoms with van der Waals surface area (Å²) in [6.45, 7) is 2.96. The number of ether oxygens (including phenoxy) is 3. The molecule has 0 N–H and O–H groups in total. The molecule has 0 unspecified atom stereocenters. The van der Waals surface area contributed by atoms with E-state index >= 15 is 0 Å². The lowest BCUT2D eigenvalue weighted by Crippen LogP contribution is -2.61. The number of carbonyl (C=O) groups excluding carboxylic acids is 2. The van der Waals surface area contributed by atoms with Gasteiger partial charge in [0.05, 0.1) is 31.9 Å². The number of para-hydroxylation sites is 1. The summed E-state index contributed by atoms with van der Waals surface area (Å²) in [6, 6.07) is 15.1. The number of ketones is 1. The van der Waals surface area contributed by atoms with Crippen molar-refractivity contribution in [2.75, 3.05) is 32.8 Å². The van der Waals surface area contributed by atoms with E-state index in [1.165, 1.54) is 0 Å². The maximum absolute atomic E-state index is 12.9. The molecule has 0 spiro atoms. The first-order chi connectivity index (χ1) is 16.0. The molecular formula is C25H27ClN2O5. The van der Waals surface area contributed by atoms with E-state index in [0.29, 0.717) is 50.0 Å². The van der Waals surface area contributed by atoms with Crippen LogP contribution < -0.4 is 4.74 Å². The smallest absolute Gasteiger partial charge is 0.320 e. The fourth-order valence-corrected chi connectivity index (χ4v) is 4.78. The topological polar surface area (TPSA) is 68.3 Å². The molecule has 0 radical (unpaired) electrons. The van der Waals surface area contributed by atoms with Gasteiger partial charge in [-0.2, -0.15) is 0 Å². The molecule has 8 heteroatoms. The fourth-order valence-electron chi connectivity index (χ4n) is 4.62. The Morgan fingerprint density at radius 1 is 1.09 bits per heavy atom. The van der Waals surface area contributed by atoms with Crippen LogP contribution in [0.4, 0.5) is 4.79 Å². The Morgan fingerprint density at radius 3 is 2.73 bits per heavy atom. The van der Waals surface area contributed by atoms with E-state index in [2.05, 4.69) is 0 Å². The highest BCUT2D eigenvalue weighted by Gasteiger charge is 2.40. The number of carbonyl (C=O) groups is 2. The van der Waals surface area contributed by atoms with E-state index < -0.39 is 0 Å². The molecule has 3 saturated heterocycles. The average molecular weight is 471 g/mol. The van der Waals surface area contributed by atoms with Gasteiger partial charge in [-0.1, -0.05) is 35.9 Å². The van der Waals surface area contributed by atoms with Crippen molar-refractivity contribution >= 4 is 23.4 Å². The van der Waals surface area contributed by atoms with Crippen LogP contribution in [-0.4, -0.2) is 66.6 Å². The van der Waals surface area contributed by atoms with E-state index in [4.69, 9.17) is 25.8 Å². The summed E-state index contributed by atoms with van der Waals surface area (Å²) in [5.74, 6) is 1.63. The number of nitrogens with zero attached hydrogens (tertiary/aromatic N) is 2. The van der Waals surface area contributed by atoms with E-state index in [1.54, 1.807) is 11.0 Å². The number of hydrogen-bond donors (Lipinski definition) is 0. The van der Waals surface area contributed by atoms with Crippen molar-refractivity contribution < 1.29 is 23.8 Å². The van der Waals surface area contributed by atoms with Crippen molar-refractivity contribution in [2.24, 2.45) is 5.92 Å². The number of benzene rings is 2. The zero-order valence-corrected chi connectivity index (χ0v) is 19.1. The minimum atomic E-state index is -0.0219. The molecular weight excluding hydrogens is 444 g/mol. The number of piperidine rings is 1. The molecule has 5 rings (SSSR count). The molecule has 3 aliphatic rings. The number of halogens is 1. The summed E-state index contributed by atoms with van der Waals surface area (Å²) in [5.41, 5.74) is 0.900. The molecule has 2 atom stereocenters. The van der Waals surface area contributed by atoms with Gasteiger partial charge in [0.2, 0.25) is 0 Å². The molecule has 0 bridgehead atoms. The van der Waals surface area contributed by atoms with Gasteiger partial charge in [0.1, 0.15) is 18.1 Å². The van der Waals surface area contributed by atoms with Gasteiger partial charge in [0.15, 0.2) is 5.78 Å². The number of fused-ring (bicyclic) bond motifs is 1. The van der Waals surface area contributed by atoms with Crippen molar-refractivity contribution in [3.8, 4) is 11.5 Å². The number of hydrogen-bond acceptors (Lipinski definition) is 5. The highest BCUT2D eigenvalue weighted by atomic mass is 35.5. The van der Waals surface area contributed by atoms with Crippen molar-refractivity contribution in [1.82, 2.24) is 9.80 Å². The molecule has 0 aromatic heterocycles. The molecule has 2 aromatic carbocycles. The largest absolute Gasteiger partial charge is 0.457 e. The second kappa shape index (κ2) is 9.71. The van der Waals surface area contributed by atoms with E-state index in [0.717, 1.165) is 17.7 Å². The molecule has 2 amide bonds. The third kappa shape index (κ3) is 5.16. The zero-order chi connectivity index (χ0) is 22.8. The van der Waals surface area contributed by atoms with E-state index in [1.807, 2.05) is 47.4 Å². The SMILES string of the molecule is O=C1CO[C@H]2CCN(C(=O)N3CC(OCc4ccc(Cl)cc4Oc4ccccc4)C3)C[C@H]2C1. The van der Waals surface area contributed by atoms with Gasteiger partial charge in [-0.05, 0) is 30.7 Å². The Hall–Kier alpha value is -2.61. The molecule has 33 heavy (non-hydrogen) atoms. The van der Waals surface area contributed by atoms with Gasteiger partial charge in [0.25, 0.3) is 0 Å². The Bertz CT molecular complexity index is 1010. The van der Waals surface area contributed by atoms with Crippen LogP contribution in [-0.2, 0) is 20.9 Å². The maximum Gasteiger partial charge on any atom is 0.320 e. The normalized spacial score (nSPS) is 23.1. The van der Waals surface area contributed by atoms with E-state index in [9.17, 15) is 9.59 Å². The van der Waals surface area contributed by atoms with Gasteiger partial charge >= 0.3 is 6.03 Å². The number of likely N-dealkylation sites (tertiary alicyclic amines) is 2. The second-order valence-corrected chi connectivity index (χ2v) is 9.31. The Kier molecular flexibility index (Phi) is 6.53. The van der Waals surface area contributed by atoms with Crippen LogP contribution in [0.15, 0.2) is 48.5 Å². The van der Waals surface area contributed by atoms with Gasteiger partial charge in [-0.15, -0.1) is 0 Å². The van der Waals surface area contributed by atoms with Gasteiger partial charge in [0, 0.05) is 36.0 Å². The fraction of sp³-hybridized carbons (Fsp3) is 0.440. The van der Waals surface area contributed by atoms with E-state index in [-0.39, 0.29) is 36.5 Å². The van der Waals surface area contributed by atoms with Crippen molar-refractivity contribution in [1.29, 1.82) is 0 Å². The molecule has 3 heterocycles. The van der Waals surface area contributed by atoms with Crippen LogP contribution in [0.3, 0.4) is 0 Å². The second-order valence-electron chi connectivity index (χ2n) is 8.87. The lowest BCUT2D eigenvalue weighted by atomic mass is 9.88. The Labute approximate surface area is 198 Å². The Morgan fingerprint density at radius 2 is 1.91 bits per heavy atom. The molecule has 174 valence electrons. The Balaban J connectivity index is 1.12. The van der Waals surface area contributed by atoms with Gasteiger partial charge in [-0.3, -0.25) is 4.79 Å². The minimum absolute atomic E-state index is 0.0194. The molecule has 2 aromatic rings. The monoisotopic (exact) mass is 470 g/mol. The predicted molar refractivity (Wildman–Crippen MR) is 123 cm³/mol. The lowest BCUT2D eigenvalue weighted by Gasteiger charge is -2.45. The van der Waals surface area contributed by atoms with Gasteiger partial charge in [-0.25, -0.2) is 4.79 Å². The maximum atomic E-state index is 12.9. The lowest BCUT2D eigenvalue weighted by molar-refractivity contribution is -0.140. The quantitative estimate of drug-likeness (QED) is 0.657. The van der Waals surface area contributed by atoms with Gasteiger partial charge < -0.3 is 24.0 Å². The molecule has 3 fully saturated rings. The number of amides is 2. The highest BCUT2D eigenvalue weighted by molar-refractivity contribution is 6.30.